The largest absolute Gasteiger partial charge is 0.489 e. The molecule has 0 spiro atoms. The van der Waals surface area contributed by atoms with E-state index in [1.54, 1.807) is 19.1 Å². The fourth-order valence-corrected chi connectivity index (χ4v) is 2.11. The van der Waals surface area contributed by atoms with Gasteiger partial charge in [0, 0.05) is 5.56 Å². The van der Waals surface area contributed by atoms with Crippen LogP contribution in [0.3, 0.4) is 0 Å². The number of ether oxygens (including phenoxy) is 2. The first-order valence-corrected chi connectivity index (χ1v) is 7.27. The molecule has 2 rings (SSSR count). The van der Waals surface area contributed by atoms with Crippen LogP contribution in [-0.4, -0.2) is 34.6 Å². The monoisotopic (exact) mass is 313 g/mol. The Morgan fingerprint density at radius 3 is 2.83 bits per heavy atom. The van der Waals surface area contributed by atoms with Gasteiger partial charge in [-0.05, 0) is 37.1 Å². The number of H-pyrrole nitrogens is 1. The van der Waals surface area contributed by atoms with E-state index in [1.807, 2.05) is 18.2 Å². The SMILES string of the molecule is C=CCOc1ccc(-c2n[nH]nc2C(=O)OCC)cc1CC=C. The van der Waals surface area contributed by atoms with Gasteiger partial charge >= 0.3 is 5.97 Å². The quantitative estimate of drug-likeness (QED) is 0.599. The molecule has 0 saturated heterocycles. The van der Waals surface area contributed by atoms with Crippen LogP contribution in [0, 0.1) is 0 Å². The molecule has 120 valence electrons. The Bertz CT molecular complexity index is 707. The van der Waals surface area contributed by atoms with Crippen molar-refractivity contribution in [2.45, 2.75) is 13.3 Å². The molecule has 0 saturated carbocycles. The number of carbonyl (C=O) groups is 1. The molecule has 0 aliphatic carbocycles. The van der Waals surface area contributed by atoms with Crippen molar-refractivity contribution in [1.82, 2.24) is 15.4 Å². The lowest BCUT2D eigenvalue weighted by atomic mass is 10.0. The number of aromatic amines is 1. The van der Waals surface area contributed by atoms with Crippen molar-refractivity contribution < 1.29 is 14.3 Å². The maximum atomic E-state index is 11.9. The number of allylic oxidation sites excluding steroid dienone is 1. The van der Waals surface area contributed by atoms with E-state index in [1.165, 1.54) is 0 Å². The second kappa shape index (κ2) is 7.93. The summed E-state index contributed by atoms with van der Waals surface area (Å²) in [6.45, 7) is 9.83. The molecule has 0 aliphatic rings. The molecule has 0 bridgehead atoms. The van der Waals surface area contributed by atoms with Crippen molar-refractivity contribution in [3.05, 3.63) is 54.8 Å². The summed E-state index contributed by atoms with van der Waals surface area (Å²) >= 11 is 0. The van der Waals surface area contributed by atoms with Crippen molar-refractivity contribution in [3.8, 4) is 17.0 Å². The third kappa shape index (κ3) is 3.85. The fraction of sp³-hybridized carbons (Fsp3) is 0.235. The molecule has 0 aliphatic heterocycles. The summed E-state index contributed by atoms with van der Waals surface area (Å²) < 4.78 is 10.6. The van der Waals surface area contributed by atoms with Crippen molar-refractivity contribution >= 4 is 5.97 Å². The third-order valence-electron chi connectivity index (χ3n) is 3.07. The predicted octanol–water partition coefficient (Wildman–Crippen LogP) is 2.94. The second-order valence-corrected chi connectivity index (χ2v) is 4.66. The zero-order valence-electron chi connectivity index (χ0n) is 13.0. The summed E-state index contributed by atoms with van der Waals surface area (Å²) in [5.74, 6) is 0.239. The Morgan fingerprint density at radius 2 is 2.13 bits per heavy atom. The van der Waals surface area contributed by atoms with Gasteiger partial charge in [0.2, 0.25) is 0 Å². The highest BCUT2D eigenvalue weighted by Crippen LogP contribution is 2.28. The smallest absolute Gasteiger partial charge is 0.361 e. The van der Waals surface area contributed by atoms with Crippen LogP contribution in [0.4, 0.5) is 0 Å². The van der Waals surface area contributed by atoms with E-state index in [0.717, 1.165) is 16.9 Å². The zero-order valence-corrected chi connectivity index (χ0v) is 13.0. The van der Waals surface area contributed by atoms with Crippen LogP contribution in [-0.2, 0) is 11.2 Å². The topological polar surface area (TPSA) is 77.1 Å². The van der Waals surface area contributed by atoms with Crippen LogP contribution >= 0.6 is 0 Å². The van der Waals surface area contributed by atoms with E-state index in [4.69, 9.17) is 9.47 Å². The molecule has 0 fully saturated rings. The lowest BCUT2D eigenvalue weighted by molar-refractivity contribution is 0.0520. The van der Waals surface area contributed by atoms with Gasteiger partial charge in [0.05, 0.1) is 6.61 Å². The highest BCUT2D eigenvalue weighted by Gasteiger charge is 2.19. The molecular formula is C17H19N3O3. The van der Waals surface area contributed by atoms with Gasteiger partial charge in [0.15, 0.2) is 5.69 Å². The van der Waals surface area contributed by atoms with Gasteiger partial charge in [0.25, 0.3) is 0 Å². The molecule has 2 aromatic rings. The molecule has 1 aromatic heterocycles. The maximum Gasteiger partial charge on any atom is 0.361 e. The maximum absolute atomic E-state index is 11.9. The Labute approximate surface area is 134 Å². The molecule has 6 nitrogen and oxygen atoms in total. The van der Waals surface area contributed by atoms with E-state index in [9.17, 15) is 4.79 Å². The number of nitrogens with zero attached hydrogens (tertiary/aromatic N) is 2. The minimum atomic E-state index is -0.506. The van der Waals surface area contributed by atoms with E-state index in [0.29, 0.717) is 18.7 Å². The number of nitrogens with one attached hydrogen (secondary N) is 1. The second-order valence-electron chi connectivity index (χ2n) is 4.66. The number of hydrogen-bond acceptors (Lipinski definition) is 5. The van der Waals surface area contributed by atoms with Crippen molar-refractivity contribution in [2.75, 3.05) is 13.2 Å². The number of benzene rings is 1. The molecule has 23 heavy (non-hydrogen) atoms. The van der Waals surface area contributed by atoms with Crippen molar-refractivity contribution in [1.29, 1.82) is 0 Å². The first kappa shape index (κ1) is 16.5. The molecule has 1 aromatic carbocycles. The van der Waals surface area contributed by atoms with Crippen LogP contribution in [0.1, 0.15) is 23.0 Å². The van der Waals surface area contributed by atoms with E-state index < -0.39 is 5.97 Å². The van der Waals surface area contributed by atoms with Crippen molar-refractivity contribution in [3.63, 3.8) is 0 Å². The summed E-state index contributed by atoms with van der Waals surface area (Å²) in [5, 5.41) is 10.4. The van der Waals surface area contributed by atoms with E-state index in [2.05, 4.69) is 28.6 Å². The summed E-state index contributed by atoms with van der Waals surface area (Å²) in [6.07, 6.45) is 4.10. The summed E-state index contributed by atoms with van der Waals surface area (Å²) in [4.78, 5) is 11.9. The summed E-state index contributed by atoms with van der Waals surface area (Å²) in [5.41, 5.74) is 2.31. The number of rotatable bonds is 8. The lowest BCUT2D eigenvalue weighted by Gasteiger charge is -2.10. The number of aromatic nitrogens is 3. The minimum absolute atomic E-state index is 0.163. The molecule has 0 atom stereocenters. The van der Waals surface area contributed by atoms with Gasteiger partial charge in [-0.15, -0.1) is 11.7 Å². The van der Waals surface area contributed by atoms with Crippen LogP contribution in [0.15, 0.2) is 43.5 Å². The molecule has 1 N–H and O–H groups in total. The summed E-state index contributed by atoms with van der Waals surface area (Å²) in [7, 11) is 0. The molecule has 0 amide bonds. The molecule has 0 unspecified atom stereocenters. The van der Waals surface area contributed by atoms with Crippen LogP contribution in [0.2, 0.25) is 0 Å². The number of hydrogen-bond donors (Lipinski definition) is 1. The predicted molar refractivity (Wildman–Crippen MR) is 87.4 cm³/mol. The highest BCUT2D eigenvalue weighted by molar-refractivity contribution is 5.94. The van der Waals surface area contributed by atoms with Gasteiger partial charge in [-0.3, -0.25) is 0 Å². The minimum Gasteiger partial charge on any atom is -0.489 e. The third-order valence-corrected chi connectivity index (χ3v) is 3.07. The average molecular weight is 313 g/mol. The van der Waals surface area contributed by atoms with Crippen molar-refractivity contribution in [2.24, 2.45) is 0 Å². The first-order chi connectivity index (χ1) is 11.2. The summed E-state index contributed by atoms with van der Waals surface area (Å²) in [6, 6.07) is 5.56. The van der Waals surface area contributed by atoms with Gasteiger partial charge < -0.3 is 9.47 Å². The Kier molecular flexibility index (Phi) is 5.68. The fourth-order valence-electron chi connectivity index (χ4n) is 2.11. The number of esters is 1. The Balaban J connectivity index is 2.38. The van der Waals surface area contributed by atoms with Crippen LogP contribution < -0.4 is 4.74 Å². The lowest BCUT2D eigenvalue weighted by Crippen LogP contribution is -2.07. The molecular weight excluding hydrogens is 294 g/mol. The van der Waals surface area contributed by atoms with Gasteiger partial charge in [0.1, 0.15) is 18.1 Å². The number of carbonyl (C=O) groups excluding carboxylic acids is 1. The zero-order chi connectivity index (χ0) is 16.7. The van der Waals surface area contributed by atoms with Gasteiger partial charge in [-0.1, -0.05) is 18.7 Å². The normalized spacial score (nSPS) is 10.1. The highest BCUT2D eigenvalue weighted by atomic mass is 16.5. The Hall–Kier alpha value is -2.89. The Morgan fingerprint density at radius 1 is 1.30 bits per heavy atom. The molecule has 6 heteroatoms. The van der Waals surface area contributed by atoms with E-state index in [-0.39, 0.29) is 12.3 Å². The standard InChI is InChI=1S/C17H19N3O3/c1-4-7-12-11-13(8-9-14(12)23-10-5-2)15-16(19-20-18-15)17(21)22-6-3/h4-5,8-9,11H,1-2,6-7,10H2,3H3,(H,18,19,20). The van der Waals surface area contributed by atoms with Crippen LogP contribution in [0.25, 0.3) is 11.3 Å². The average Bonchev–Trinajstić information content (AvgIpc) is 3.04. The molecule has 0 radical (unpaired) electrons. The first-order valence-electron chi connectivity index (χ1n) is 7.27. The van der Waals surface area contributed by atoms with Gasteiger partial charge in [-0.2, -0.15) is 10.3 Å². The molecule has 1 heterocycles. The van der Waals surface area contributed by atoms with Crippen LogP contribution in [0.5, 0.6) is 5.75 Å². The van der Waals surface area contributed by atoms with Gasteiger partial charge in [-0.25, -0.2) is 4.79 Å². The van der Waals surface area contributed by atoms with E-state index >= 15 is 0 Å².